The highest BCUT2D eigenvalue weighted by Crippen LogP contribution is 2.24. The van der Waals surface area contributed by atoms with Crippen LogP contribution in [0.5, 0.6) is 0 Å². The van der Waals surface area contributed by atoms with E-state index < -0.39 is 16.8 Å². The average Bonchev–Trinajstić information content (AvgIpc) is 2.39. The zero-order valence-corrected chi connectivity index (χ0v) is 13.2. The fraction of sp³-hybridized carbons (Fsp3) is 0.500. The van der Waals surface area contributed by atoms with Crippen LogP contribution < -0.4 is 11.1 Å². The smallest absolute Gasteiger partial charge is 0.340 e. The molecule has 20 heavy (non-hydrogen) atoms. The van der Waals surface area contributed by atoms with Gasteiger partial charge in [0, 0.05) is 40.2 Å². The quantitative estimate of drug-likeness (QED) is 0.619. The van der Waals surface area contributed by atoms with Gasteiger partial charge < -0.3 is 15.8 Å². The molecule has 0 saturated carbocycles. The molecular weight excluding hydrogens is 276 g/mol. The summed E-state index contributed by atoms with van der Waals surface area (Å²) in [6, 6.07) is 3.74. The fourth-order valence-electron chi connectivity index (χ4n) is 1.86. The van der Waals surface area contributed by atoms with Crippen molar-refractivity contribution in [3.63, 3.8) is 0 Å². The third kappa shape index (κ3) is 4.52. The van der Waals surface area contributed by atoms with E-state index in [2.05, 4.69) is 5.32 Å². The maximum absolute atomic E-state index is 11.7. The van der Waals surface area contributed by atoms with E-state index in [1.165, 1.54) is 7.11 Å². The Hall–Kier alpha value is -1.56. The molecule has 6 heteroatoms. The van der Waals surface area contributed by atoms with Crippen LogP contribution >= 0.6 is 0 Å². The highest BCUT2D eigenvalue weighted by Gasteiger charge is 2.14. The lowest BCUT2D eigenvalue weighted by molar-refractivity contribution is 0.0602. The van der Waals surface area contributed by atoms with Crippen LogP contribution in [0.1, 0.15) is 29.3 Å². The van der Waals surface area contributed by atoms with E-state index in [0.717, 1.165) is 17.7 Å². The van der Waals surface area contributed by atoms with E-state index in [1.54, 1.807) is 12.3 Å². The number of ether oxygens (including phenoxy) is 1. The van der Waals surface area contributed by atoms with Gasteiger partial charge in [0.15, 0.2) is 0 Å². The number of hydrogen-bond acceptors (Lipinski definition) is 5. The minimum absolute atomic E-state index is 0.160. The van der Waals surface area contributed by atoms with Gasteiger partial charge in [-0.3, -0.25) is 4.21 Å². The molecule has 1 aromatic rings. The maximum atomic E-state index is 11.7. The first-order valence-corrected chi connectivity index (χ1v) is 8.12. The first-order valence-electron chi connectivity index (χ1n) is 6.40. The molecule has 3 N–H and O–H groups in total. The zero-order valence-electron chi connectivity index (χ0n) is 12.4. The number of benzene rings is 1. The van der Waals surface area contributed by atoms with E-state index in [1.807, 2.05) is 19.9 Å². The average molecular weight is 298 g/mol. The predicted octanol–water partition coefficient (Wildman–Crippen LogP) is 1.93. The number of hydrogen-bond donors (Lipinski definition) is 2. The van der Waals surface area contributed by atoms with Crippen molar-refractivity contribution in [2.24, 2.45) is 0 Å². The van der Waals surface area contributed by atoms with Gasteiger partial charge in [0.05, 0.1) is 12.7 Å². The van der Waals surface area contributed by atoms with Gasteiger partial charge in [0.25, 0.3) is 0 Å². The number of nitrogens with one attached hydrogen (secondary N) is 1. The number of carbonyl (C=O) groups excluding carboxylic acids is 1. The van der Waals surface area contributed by atoms with Crippen molar-refractivity contribution in [2.45, 2.75) is 26.3 Å². The van der Waals surface area contributed by atoms with Crippen LogP contribution in [0.25, 0.3) is 0 Å². The summed E-state index contributed by atoms with van der Waals surface area (Å²) in [6.07, 6.45) is 2.48. The summed E-state index contributed by atoms with van der Waals surface area (Å²) >= 11 is 0. The van der Waals surface area contributed by atoms with Gasteiger partial charge in [-0.1, -0.05) is 0 Å². The van der Waals surface area contributed by atoms with Crippen LogP contribution in [0.2, 0.25) is 0 Å². The van der Waals surface area contributed by atoms with Crippen molar-refractivity contribution in [2.75, 3.05) is 30.2 Å². The Kier molecular flexibility index (Phi) is 6.01. The summed E-state index contributed by atoms with van der Waals surface area (Å²) in [7, 11) is 0.530. The van der Waals surface area contributed by atoms with E-state index in [0.29, 0.717) is 17.0 Å². The highest BCUT2D eigenvalue weighted by atomic mass is 32.2. The number of nitrogen functional groups attached to an aromatic ring is 1. The van der Waals surface area contributed by atoms with Gasteiger partial charge >= 0.3 is 5.97 Å². The summed E-state index contributed by atoms with van der Waals surface area (Å²) < 4.78 is 15.8. The molecule has 0 saturated heterocycles. The Balaban J connectivity index is 2.88. The molecule has 0 aliphatic heterocycles. The van der Waals surface area contributed by atoms with Crippen molar-refractivity contribution in [1.29, 1.82) is 0 Å². The van der Waals surface area contributed by atoms with Gasteiger partial charge in [-0.25, -0.2) is 4.79 Å². The first kappa shape index (κ1) is 16.5. The molecule has 0 radical (unpaired) electrons. The van der Waals surface area contributed by atoms with Crippen molar-refractivity contribution in [1.82, 2.24) is 0 Å². The maximum Gasteiger partial charge on any atom is 0.340 e. The molecule has 0 fully saturated rings. The summed E-state index contributed by atoms with van der Waals surface area (Å²) in [6.45, 7) is 3.86. The summed E-state index contributed by atoms with van der Waals surface area (Å²) in [5.74, 6) is 0.197. The van der Waals surface area contributed by atoms with Gasteiger partial charge in [-0.15, -0.1) is 0 Å². The van der Waals surface area contributed by atoms with Gasteiger partial charge in [0.1, 0.15) is 0 Å². The molecule has 1 rings (SSSR count). The summed E-state index contributed by atoms with van der Waals surface area (Å²) in [5, 5.41) is 3.29. The molecule has 0 heterocycles. The molecule has 0 aromatic heterocycles. The van der Waals surface area contributed by atoms with Crippen LogP contribution in [0.4, 0.5) is 11.4 Å². The minimum Gasteiger partial charge on any atom is -0.465 e. The number of rotatable bonds is 6. The third-order valence-corrected chi connectivity index (χ3v) is 3.85. The largest absolute Gasteiger partial charge is 0.465 e. The normalized spacial score (nSPS) is 13.6. The van der Waals surface area contributed by atoms with E-state index in [4.69, 9.17) is 10.5 Å². The highest BCUT2D eigenvalue weighted by molar-refractivity contribution is 7.84. The number of aryl methyl sites for hydroxylation is 1. The Morgan fingerprint density at radius 2 is 2.15 bits per heavy atom. The fourth-order valence-corrected chi connectivity index (χ4v) is 2.55. The number of esters is 1. The van der Waals surface area contributed by atoms with Crippen molar-refractivity contribution < 1.29 is 13.7 Å². The van der Waals surface area contributed by atoms with E-state index in [9.17, 15) is 9.00 Å². The number of anilines is 2. The monoisotopic (exact) mass is 298 g/mol. The third-order valence-electron chi connectivity index (χ3n) is 3.04. The Morgan fingerprint density at radius 3 is 2.70 bits per heavy atom. The zero-order chi connectivity index (χ0) is 15.3. The van der Waals surface area contributed by atoms with Crippen molar-refractivity contribution >= 4 is 28.1 Å². The molecule has 5 nitrogen and oxygen atoms in total. The molecule has 1 aromatic carbocycles. The van der Waals surface area contributed by atoms with E-state index in [-0.39, 0.29) is 6.04 Å². The number of nitrogens with two attached hydrogens (primary N) is 1. The van der Waals surface area contributed by atoms with Gasteiger partial charge in [0.2, 0.25) is 0 Å². The molecule has 112 valence electrons. The second-order valence-corrected chi connectivity index (χ2v) is 6.41. The topological polar surface area (TPSA) is 81.4 Å². The Bertz CT molecular complexity index is 517. The second kappa shape index (κ2) is 7.28. The van der Waals surface area contributed by atoms with Crippen LogP contribution in [0.3, 0.4) is 0 Å². The second-order valence-electron chi connectivity index (χ2n) is 4.86. The van der Waals surface area contributed by atoms with Crippen LogP contribution in [-0.4, -0.2) is 35.3 Å². The molecular formula is C14H22N2O3S. The lowest BCUT2D eigenvalue weighted by atomic mass is 10.1. The van der Waals surface area contributed by atoms with Crippen LogP contribution in [-0.2, 0) is 15.5 Å². The number of methoxy groups -OCH3 is 1. The molecule has 0 aliphatic rings. The molecule has 0 aliphatic carbocycles. The minimum atomic E-state index is -0.799. The summed E-state index contributed by atoms with van der Waals surface area (Å²) in [5.41, 5.74) is 8.32. The van der Waals surface area contributed by atoms with Crippen LogP contribution in [0.15, 0.2) is 12.1 Å². The molecule has 0 amide bonds. The standard InChI is InChI=1S/C14H22N2O3S/c1-9-7-11(16-10(2)5-6-20(4)18)8-12(13(9)15)14(17)19-3/h7-8,10,16H,5-6,15H2,1-4H3. The molecule has 0 bridgehead atoms. The first-order chi connectivity index (χ1) is 9.35. The Labute approximate surface area is 122 Å². The lowest BCUT2D eigenvalue weighted by Crippen LogP contribution is -2.18. The van der Waals surface area contributed by atoms with Crippen molar-refractivity contribution in [3.8, 4) is 0 Å². The molecule has 0 spiro atoms. The molecule has 2 unspecified atom stereocenters. The SMILES string of the molecule is COC(=O)c1cc(NC(C)CCS(C)=O)cc(C)c1N. The molecule has 2 atom stereocenters. The predicted molar refractivity (Wildman–Crippen MR) is 83.6 cm³/mol. The van der Waals surface area contributed by atoms with Gasteiger partial charge in [-0.2, -0.15) is 0 Å². The van der Waals surface area contributed by atoms with E-state index >= 15 is 0 Å². The summed E-state index contributed by atoms with van der Waals surface area (Å²) in [4.78, 5) is 11.7. The number of carbonyl (C=O) groups is 1. The Morgan fingerprint density at radius 1 is 1.50 bits per heavy atom. The van der Waals surface area contributed by atoms with Gasteiger partial charge in [-0.05, 0) is 38.0 Å². The van der Waals surface area contributed by atoms with Crippen LogP contribution in [0, 0.1) is 6.92 Å². The van der Waals surface area contributed by atoms with Crippen molar-refractivity contribution in [3.05, 3.63) is 23.3 Å². The lowest BCUT2D eigenvalue weighted by Gasteiger charge is -2.17.